The first-order chi connectivity index (χ1) is 16.1. The molecule has 0 heterocycles. The van der Waals surface area contributed by atoms with Gasteiger partial charge >= 0.3 is 0 Å². The summed E-state index contributed by atoms with van der Waals surface area (Å²) in [5.74, 6) is -1.24. The first-order valence-corrected chi connectivity index (χ1v) is 12.9. The zero-order valence-electron chi connectivity index (χ0n) is 20.0. The van der Waals surface area contributed by atoms with Gasteiger partial charge in [-0.05, 0) is 42.9 Å². The fourth-order valence-electron chi connectivity index (χ4n) is 3.45. The lowest BCUT2D eigenvalue weighted by atomic mass is 10.1. The van der Waals surface area contributed by atoms with Crippen molar-refractivity contribution >= 4 is 33.6 Å². The summed E-state index contributed by atoms with van der Waals surface area (Å²) < 4.78 is 26.9. The van der Waals surface area contributed by atoms with Crippen LogP contribution in [0, 0.1) is 12.8 Å². The molecule has 0 saturated carbocycles. The molecule has 2 aromatic carbocycles. The van der Waals surface area contributed by atoms with Gasteiger partial charge in [0.25, 0.3) is 5.91 Å². The molecule has 0 fully saturated rings. The second kappa shape index (κ2) is 12.3. The quantitative estimate of drug-likeness (QED) is 0.369. The van der Waals surface area contributed by atoms with Crippen LogP contribution in [0.15, 0.2) is 60.7 Å². The molecule has 34 heavy (non-hydrogen) atoms. The monoisotopic (exact) mass is 487 g/mol. The summed E-state index contributed by atoms with van der Waals surface area (Å²) in [5, 5.41) is 10.4. The second-order valence-electron chi connectivity index (χ2n) is 8.50. The van der Waals surface area contributed by atoms with E-state index in [1.54, 1.807) is 48.8 Å². The maximum Gasteiger partial charge on any atom is 0.268 e. The number of para-hydroxylation sites is 1. The van der Waals surface area contributed by atoms with Crippen LogP contribution >= 0.6 is 0 Å². The molecule has 9 heteroatoms. The van der Waals surface area contributed by atoms with Crippen molar-refractivity contribution in [1.29, 1.82) is 0 Å². The molecule has 184 valence electrons. The molecule has 2 amide bonds. The molecule has 0 saturated heterocycles. The number of benzene rings is 2. The third-order valence-electron chi connectivity index (χ3n) is 5.20. The predicted octanol–water partition coefficient (Wildman–Crippen LogP) is 3.92. The lowest BCUT2D eigenvalue weighted by Gasteiger charge is -2.39. The molecule has 2 aromatic rings. The van der Waals surface area contributed by atoms with Gasteiger partial charge in [0.1, 0.15) is 6.04 Å². The third kappa shape index (κ3) is 7.43. The molecule has 0 radical (unpaired) electrons. The Kier molecular flexibility index (Phi) is 9.83. The normalized spacial score (nSPS) is 12.5. The highest BCUT2D eigenvalue weighted by Crippen LogP contribution is 2.28. The van der Waals surface area contributed by atoms with Crippen molar-refractivity contribution in [3.05, 3.63) is 71.8 Å². The molecule has 0 aliphatic carbocycles. The number of hydrogen-bond donors (Lipinski definition) is 2. The smallest absolute Gasteiger partial charge is 0.268 e. The molecular formula is C25H33N3O5S. The van der Waals surface area contributed by atoms with E-state index in [0.29, 0.717) is 12.0 Å². The molecule has 0 unspecified atom stereocenters. The number of sulfonamides is 1. The van der Waals surface area contributed by atoms with Crippen LogP contribution in [0.3, 0.4) is 0 Å². The number of amides is 2. The summed E-state index contributed by atoms with van der Waals surface area (Å²) in [4.78, 5) is 26.2. The van der Waals surface area contributed by atoms with Crippen LogP contribution in [0.2, 0.25) is 0 Å². The van der Waals surface area contributed by atoms with Crippen LogP contribution < -0.4 is 9.89 Å². The zero-order valence-corrected chi connectivity index (χ0v) is 20.8. The van der Waals surface area contributed by atoms with Crippen molar-refractivity contribution in [3.63, 3.8) is 0 Å². The van der Waals surface area contributed by atoms with E-state index < -0.39 is 27.9 Å². The Morgan fingerprint density at radius 2 is 1.68 bits per heavy atom. The maximum absolute atomic E-state index is 13.4. The molecular weight excluding hydrogens is 454 g/mol. The standard InChI is InChI=1S/C25H33N3O5S/c1-19(2)17-18-24(29)27(28(34(4,32)33)22-15-9-8-11-20(22)3)23(25(30)26-31)16-10-14-21-12-6-5-7-13-21/h5-15,19,23,31H,16-18H2,1-4H3,(H,26,30)/t23-/m0/s1. The van der Waals surface area contributed by atoms with Gasteiger partial charge in [-0.3, -0.25) is 14.8 Å². The van der Waals surface area contributed by atoms with Crippen LogP contribution in [-0.4, -0.2) is 42.7 Å². The largest absolute Gasteiger partial charge is 0.289 e. The minimum Gasteiger partial charge on any atom is -0.289 e. The highest BCUT2D eigenvalue weighted by molar-refractivity contribution is 7.92. The summed E-state index contributed by atoms with van der Waals surface area (Å²) in [5.41, 5.74) is 3.34. The Labute approximate surface area is 201 Å². The molecule has 0 aliphatic heterocycles. The van der Waals surface area contributed by atoms with E-state index >= 15 is 0 Å². The van der Waals surface area contributed by atoms with Crippen molar-refractivity contribution < 1.29 is 23.2 Å². The Morgan fingerprint density at radius 1 is 1.06 bits per heavy atom. The number of nitrogens with one attached hydrogen (secondary N) is 1. The van der Waals surface area contributed by atoms with E-state index in [2.05, 4.69) is 0 Å². The number of aryl methyl sites for hydroxylation is 1. The average Bonchev–Trinajstić information content (AvgIpc) is 2.79. The van der Waals surface area contributed by atoms with Crippen LogP contribution in [0.4, 0.5) is 5.69 Å². The van der Waals surface area contributed by atoms with Crippen LogP contribution in [0.25, 0.3) is 6.08 Å². The van der Waals surface area contributed by atoms with Gasteiger partial charge in [-0.25, -0.2) is 18.9 Å². The molecule has 2 N–H and O–H groups in total. The fraction of sp³-hybridized carbons (Fsp3) is 0.360. The average molecular weight is 488 g/mol. The number of hydroxylamine groups is 1. The number of carbonyl (C=O) groups excluding carboxylic acids is 2. The Hall–Kier alpha value is -3.17. The van der Waals surface area contributed by atoms with Crippen molar-refractivity contribution in [3.8, 4) is 0 Å². The lowest BCUT2D eigenvalue weighted by molar-refractivity contribution is -0.144. The van der Waals surface area contributed by atoms with Gasteiger partial charge in [-0.2, -0.15) is 4.41 Å². The zero-order chi connectivity index (χ0) is 25.3. The first-order valence-electron chi connectivity index (χ1n) is 11.1. The number of nitrogens with zero attached hydrogens (tertiary/aromatic N) is 2. The Balaban J connectivity index is 2.59. The Morgan fingerprint density at radius 3 is 2.24 bits per heavy atom. The van der Waals surface area contributed by atoms with E-state index in [1.807, 2.05) is 44.2 Å². The molecule has 0 spiro atoms. The van der Waals surface area contributed by atoms with Gasteiger partial charge in [-0.1, -0.05) is 74.5 Å². The van der Waals surface area contributed by atoms with E-state index in [1.165, 1.54) is 0 Å². The SMILES string of the molecule is Cc1ccccc1N(N(C(=O)CCC(C)C)[C@@H](CC=Cc1ccccc1)C(=O)NO)S(C)(=O)=O. The van der Waals surface area contributed by atoms with E-state index in [0.717, 1.165) is 21.2 Å². The minimum atomic E-state index is -4.03. The van der Waals surface area contributed by atoms with Gasteiger partial charge in [0.15, 0.2) is 0 Å². The number of carbonyl (C=O) groups is 2. The molecule has 0 bridgehead atoms. The van der Waals surface area contributed by atoms with Gasteiger partial charge in [0, 0.05) is 6.42 Å². The summed E-state index contributed by atoms with van der Waals surface area (Å²) in [6, 6.07) is 14.8. The van der Waals surface area contributed by atoms with E-state index in [9.17, 15) is 23.2 Å². The summed E-state index contributed by atoms with van der Waals surface area (Å²) in [6.45, 7) is 5.63. The van der Waals surface area contributed by atoms with Gasteiger partial charge < -0.3 is 0 Å². The first kappa shape index (κ1) is 27.1. The van der Waals surface area contributed by atoms with Crippen LogP contribution in [-0.2, 0) is 19.6 Å². The number of rotatable bonds is 11. The molecule has 1 atom stereocenters. The van der Waals surface area contributed by atoms with Crippen molar-refractivity contribution in [2.75, 3.05) is 10.7 Å². The van der Waals surface area contributed by atoms with Crippen molar-refractivity contribution in [2.45, 2.75) is 46.1 Å². The van der Waals surface area contributed by atoms with E-state index in [4.69, 9.17) is 0 Å². The summed E-state index contributed by atoms with van der Waals surface area (Å²) in [7, 11) is -4.03. The molecule has 2 rings (SSSR count). The number of anilines is 1. The maximum atomic E-state index is 13.4. The highest BCUT2D eigenvalue weighted by Gasteiger charge is 2.38. The molecule has 0 aliphatic rings. The van der Waals surface area contributed by atoms with Crippen LogP contribution in [0.1, 0.15) is 44.2 Å². The second-order valence-corrected chi connectivity index (χ2v) is 10.3. The number of hydrazine groups is 1. The fourth-order valence-corrected chi connectivity index (χ4v) is 4.54. The minimum absolute atomic E-state index is 0.0212. The lowest BCUT2D eigenvalue weighted by Crippen LogP contribution is -2.59. The third-order valence-corrected chi connectivity index (χ3v) is 6.20. The summed E-state index contributed by atoms with van der Waals surface area (Å²) in [6.07, 6.45) is 4.95. The van der Waals surface area contributed by atoms with E-state index in [-0.39, 0.29) is 24.4 Å². The molecule has 0 aromatic heterocycles. The topological polar surface area (TPSA) is 107 Å². The number of hydrogen-bond acceptors (Lipinski definition) is 5. The van der Waals surface area contributed by atoms with Crippen molar-refractivity contribution in [2.24, 2.45) is 5.92 Å². The highest BCUT2D eigenvalue weighted by atomic mass is 32.2. The molecule has 8 nitrogen and oxygen atoms in total. The predicted molar refractivity (Wildman–Crippen MR) is 133 cm³/mol. The van der Waals surface area contributed by atoms with Gasteiger partial charge in [0.2, 0.25) is 15.9 Å². The summed E-state index contributed by atoms with van der Waals surface area (Å²) >= 11 is 0. The van der Waals surface area contributed by atoms with Crippen LogP contribution in [0.5, 0.6) is 0 Å². The van der Waals surface area contributed by atoms with Gasteiger partial charge in [-0.15, -0.1) is 0 Å². The van der Waals surface area contributed by atoms with Gasteiger partial charge in [0.05, 0.1) is 11.9 Å². The van der Waals surface area contributed by atoms with Crippen molar-refractivity contribution in [1.82, 2.24) is 10.5 Å². The Bertz CT molecular complexity index is 1100.